The minimum atomic E-state index is -0.415. The van der Waals surface area contributed by atoms with Crippen molar-refractivity contribution in [3.63, 3.8) is 0 Å². The lowest BCUT2D eigenvalue weighted by Gasteiger charge is -2.36. The number of nitrogens with one attached hydrogen (secondary N) is 1. The van der Waals surface area contributed by atoms with E-state index in [4.69, 9.17) is 4.74 Å². The number of carbonyl (C=O) groups excluding carboxylic acids is 2. The van der Waals surface area contributed by atoms with E-state index in [0.717, 1.165) is 31.4 Å². The molecule has 3 saturated heterocycles. The van der Waals surface area contributed by atoms with Gasteiger partial charge < -0.3 is 9.64 Å². The molecule has 1 amide bonds. The number of esters is 1. The molecule has 2 aromatic rings. The molecule has 3 fully saturated rings. The van der Waals surface area contributed by atoms with E-state index in [1.807, 2.05) is 6.07 Å². The third-order valence-electron chi connectivity index (χ3n) is 6.51. The van der Waals surface area contributed by atoms with Gasteiger partial charge in [-0.2, -0.15) is 5.10 Å². The van der Waals surface area contributed by atoms with Gasteiger partial charge in [0, 0.05) is 31.4 Å². The van der Waals surface area contributed by atoms with Gasteiger partial charge in [0.05, 0.1) is 11.6 Å². The highest BCUT2D eigenvalue weighted by Crippen LogP contribution is 2.43. The van der Waals surface area contributed by atoms with E-state index in [1.165, 1.54) is 12.8 Å². The first-order chi connectivity index (χ1) is 13.6. The molecule has 5 heterocycles. The number of fused-ring (bicyclic) bond motifs is 1. The van der Waals surface area contributed by atoms with Crippen LogP contribution in [0.25, 0.3) is 11.0 Å². The van der Waals surface area contributed by atoms with Gasteiger partial charge in [-0.15, -0.1) is 0 Å². The van der Waals surface area contributed by atoms with Crippen molar-refractivity contribution in [1.29, 1.82) is 0 Å². The first kappa shape index (κ1) is 17.6. The van der Waals surface area contributed by atoms with Crippen LogP contribution >= 0.6 is 0 Å². The Bertz CT molecular complexity index is 896. The van der Waals surface area contributed by atoms with E-state index in [-0.39, 0.29) is 18.0 Å². The fourth-order valence-electron chi connectivity index (χ4n) is 4.85. The predicted octanol–water partition coefficient (Wildman–Crippen LogP) is 1.59. The van der Waals surface area contributed by atoms with Crippen molar-refractivity contribution in [2.45, 2.75) is 38.2 Å². The molecular formula is C20H25N5O3. The zero-order valence-electron chi connectivity index (χ0n) is 15.9. The van der Waals surface area contributed by atoms with Gasteiger partial charge in [-0.1, -0.05) is 0 Å². The first-order valence-electron chi connectivity index (χ1n) is 10.2. The number of aromatic amines is 1. The summed E-state index contributed by atoms with van der Waals surface area (Å²) in [5.41, 5.74) is 0.610. The van der Waals surface area contributed by atoms with Crippen molar-refractivity contribution in [3.8, 4) is 0 Å². The van der Waals surface area contributed by atoms with E-state index in [1.54, 1.807) is 17.2 Å². The molecule has 148 valence electrons. The Hall–Kier alpha value is -2.48. The Morgan fingerprint density at radius 3 is 2.79 bits per heavy atom. The van der Waals surface area contributed by atoms with Crippen LogP contribution in [0.2, 0.25) is 0 Å². The van der Waals surface area contributed by atoms with Crippen LogP contribution < -0.4 is 0 Å². The van der Waals surface area contributed by atoms with Crippen LogP contribution in [0.15, 0.2) is 18.3 Å². The molecule has 3 aliphatic rings. The summed E-state index contributed by atoms with van der Waals surface area (Å²) < 4.78 is 5.73. The second kappa shape index (κ2) is 6.84. The number of ether oxygens (including phenoxy) is 1. The summed E-state index contributed by atoms with van der Waals surface area (Å²) in [6, 6.07) is 3.59. The smallest absolute Gasteiger partial charge is 0.312 e. The zero-order chi connectivity index (χ0) is 19.1. The number of likely N-dealkylation sites (tertiary alicyclic amines) is 2. The number of H-pyrrole nitrogens is 1. The molecular weight excluding hydrogens is 358 g/mol. The molecule has 0 saturated carbocycles. The van der Waals surface area contributed by atoms with Crippen LogP contribution in [-0.4, -0.2) is 75.7 Å². The standard InChI is InChI=1S/C20H25N5O3/c26-18(16-4-3-14-12-21-23-17(14)22-16)25-9-5-20(6-10-25)11-15(28-19(20)27)13-24-7-1-2-8-24/h3-4,12,15H,1-2,5-11,13H2,(H,21,22,23). The quantitative estimate of drug-likeness (QED) is 0.810. The summed E-state index contributed by atoms with van der Waals surface area (Å²) in [4.78, 5) is 34.1. The lowest BCUT2D eigenvalue weighted by molar-refractivity contribution is -0.150. The number of cyclic esters (lactones) is 1. The Kier molecular flexibility index (Phi) is 4.30. The summed E-state index contributed by atoms with van der Waals surface area (Å²) in [6.45, 7) is 4.19. The van der Waals surface area contributed by atoms with Crippen molar-refractivity contribution in [2.24, 2.45) is 5.41 Å². The number of carbonyl (C=O) groups is 2. The molecule has 0 radical (unpaired) electrons. The molecule has 28 heavy (non-hydrogen) atoms. The maximum atomic E-state index is 12.9. The van der Waals surface area contributed by atoms with Crippen molar-refractivity contribution in [1.82, 2.24) is 25.0 Å². The van der Waals surface area contributed by atoms with Gasteiger partial charge in [-0.3, -0.25) is 19.6 Å². The van der Waals surface area contributed by atoms with Gasteiger partial charge in [0.25, 0.3) is 5.91 Å². The number of rotatable bonds is 3. The van der Waals surface area contributed by atoms with Gasteiger partial charge in [-0.05, 0) is 50.9 Å². The van der Waals surface area contributed by atoms with E-state index in [9.17, 15) is 9.59 Å². The number of hydrogen-bond acceptors (Lipinski definition) is 6. The molecule has 5 rings (SSSR count). The lowest BCUT2D eigenvalue weighted by Crippen LogP contribution is -2.45. The molecule has 1 atom stereocenters. The molecule has 1 N–H and O–H groups in total. The molecule has 0 bridgehead atoms. The monoisotopic (exact) mass is 383 g/mol. The van der Waals surface area contributed by atoms with E-state index < -0.39 is 5.41 Å². The molecule has 0 aliphatic carbocycles. The average molecular weight is 383 g/mol. The van der Waals surface area contributed by atoms with E-state index in [2.05, 4.69) is 20.1 Å². The molecule has 0 aromatic carbocycles. The van der Waals surface area contributed by atoms with Crippen molar-refractivity contribution >= 4 is 22.9 Å². The van der Waals surface area contributed by atoms with Crippen molar-refractivity contribution in [3.05, 3.63) is 24.0 Å². The van der Waals surface area contributed by atoms with Gasteiger partial charge in [0.2, 0.25) is 0 Å². The van der Waals surface area contributed by atoms with Gasteiger partial charge in [0.15, 0.2) is 5.65 Å². The fraction of sp³-hybridized carbons (Fsp3) is 0.600. The molecule has 8 heteroatoms. The molecule has 3 aliphatic heterocycles. The summed E-state index contributed by atoms with van der Waals surface area (Å²) in [7, 11) is 0. The first-order valence-corrected chi connectivity index (χ1v) is 10.2. The Balaban J connectivity index is 1.22. The summed E-state index contributed by atoms with van der Waals surface area (Å²) in [5.74, 6) is -0.160. The predicted molar refractivity (Wildman–Crippen MR) is 102 cm³/mol. The Morgan fingerprint density at radius 1 is 1.21 bits per heavy atom. The highest BCUT2D eigenvalue weighted by atomic mass is 16.6. The minimum Gasteiger partial charge on any atom is -0.461 e. The van der Waals surface area contributed by atoms with Crippen molar-refractivity contribution < 1.29 is 14.3 Å². The van der Waals surface area contributed by atoms with E-state index >= 15 is 0 Å². The second-order valence-corrected chi connectivity index (χ2v) is 8.32. The number of pyridine rings is 1. The maximum absolute atomic E-state index is 12.9. The average Bonchev–Trinajstić information content (AvgIpc) is 3.43. The summed E-state index contributed by atoms with van der Waals surface area (Å²) in [5, 5.41) is 7.63. The fourth-order valence-corrected chi connectivity index (χ4v) is 4.85. The maximum Gasteiger partial charge on any atom is 0.312 e. The van der Waals surface area contributed by atoms with Gasteiger partial charge in [-0.25, -0.2) is 4.98 Å². The number of nitrogens with zero attached hydrogens (tertiary/aromatic N) is 4. The summed E-state index contributed by atoms with van der Waals surface area (Å²) in [6.07, 6.45) is 6.27. The number of amides is 1. The normalized spacial score (nSPS) is 24.9. The van der Waals surface area contributed by atoms with Crippen LogP contribution in [0.3, 0.4) is 0 Å². The lowest BCUT2D eigenvalue weighted by atomic mass is 9.76. The Morgan fingerprint density at radius 2 is 2.00 bits per heavy atom. The Labute approximate surface area is 163 Å². The SMILES string of the molecule is O=C(c1ccc2cn[nH]c2n1)N1CCC2(CC1)CC(CN1CCCC1)OC2=O. The molecule has 1 unspecified atom stereocenters. The topological polar surface area (TPSA) is 91.4 Å². The van der Waals surface area contributed by atoms with Crippen LogP contribution in [0.1, 0.15) is 42.6 Å². The van der Waals surface area contributed by atoms with Crippen LogP contribution in [-0.2, 0) is 9.53 Å². The third-order valence-corrected chi connectivity index (χ3v) is 6.51. The number of aromatic nitrogens is 3. The number of hydrogen-bond donors (Lipinski definition) is 1. The molecule has 2 aromatic heterocycles. The summed E-state index contributed by atoms with van der Waals surface area (Å²) >= 11 is 0. The van der Waals surface area contributed by atoms with Gasteiger partial charge >= 0.3 is 5.97 Å². The molecule has 8 nitrogen and oxygen atoms in total. The minimum absolute atomic E-state index is 0.00250. The molecule has 1 spiro atoms. The third kappa shape index (κ3) is 3.05. The van der Waals surface area contributed by atoms with E-state index in [0.29, 0.717) is 37.3 Å². The van der Waals surface area contributed by atoms with Gasteiger partial charge in [0.1, 0.15) is 11.8 Å². The second-order valence-electron chi connectivity index (χ2n) is 8.32. The highest BCUT2D eigenvalue weighted by molar-refractivity contribution is 5.94. The van der Waals surface area contributed by atoms with Crippen LogP contribution in [0.5, 0.6) is 0 Å². The van der Waals surface area contributed by atoms with Crippen LogP contribution in [0, 0.1) is 5.41 Å². The number of piperidine rings is 1. The zero-order valence-corrected chi connectivity index (χ0v) is 15.9. The van der Waals surface area contributed by atoms with Crippen LogP contribution in [0.4, 0.5) is 0 Å². The largest absolute Gasteiger partial charge is 0.461 e. The highest BCUT2D eigenvalue weighted by Gasteiger charge is 2.51. The van der Waals surface area contributed by atoms with Crippen molar-refractivity contribution in [2.75, 3.05) is 32.7 Å².